The second kappa shape index (κ2) is 7.34. The Balaban J connectivity index is 1.64. The molecule has 1 saturated heterocycles. The van der Waals surface area contributed by atoms with Gasteiger partial charge in [0.25, 0.3) is 5.91 Å². The monoisotopic (exact) mass is 335 g/mol. The van der Waals surface area contributed by atoms with Gasteiger partial charge in [-0.3, -0.25) is 9.59 Å². The fourth-order valence-electron chi connectivity index (χ4n) is 3.31. The van der Waals surface area contributed by atoms with Gasteiger partial charge in [0.15, 0.2) is 5.69 Å². The molecule has 2 heterocycles. The number of amides is 2. The highest BCUT2D eigenvalue weighted by Crippen LogP contribution is 2.25. The van der Waals surface area contributed by atoms with Crippen LogP contribution < -0.4 is 10.6 Å². The summed E-state index contributed by atoms with van der Waals surface area (Å²) < 4.78 is 10.6. The van der Waals surface area contributed by atoms with Crippen molar-refractivity contribution in [2.45, 2.75) is 58.0 Å². The summed E-state index contributed by atoms with van der Waals surface area (Å²) in [5, 5.41) is 9.91. The van der Waals surface area contributed by atoms with Gasteiger partial charge in [0, 0.05) is 43.2 Å². The van der Waals surface area contributed by atoms with Crippen molar-refractivity contribution < 1.29 is 18.8 Å². The molecule has 1 aromatic heterocycles. The third-order valence-corrected chi connectivity index (χ3v) is 4.61. The SMILES string of the molecule is CC(C)NC(=O)c1noc2c1CC(NC(=O)C1CCOCC1)CC2. The molecule has 1 atom stereocenters. The van der Waals surface area contributed by atoms with E-state index in [1.807, 2.05) is 13.8 Å². The first-order chi connectivity index (χ1) is 11.5. The molecule has 1 unspecified atom stereocenters. The molecule has 7 nitrogen and oxygen atoms in total. The lowest BCUT2D eigenvalue weighted by molar-refractivity contribution is -0.128. The number of carbonyl (C=O) groups excluding carboxylic acids is 2. The quantitative estimate of drug-likeness (QED) is 0.863. The first-order valence-electron chi connectivity index (χ1n) is 8.71. The van der Waals surface area contributed by atoms with Crippen LogP contribution in [0.2, 0.25) is 0 Å². The zero-order chi connectivity index (χ0) is 17.1. The molecular weight excluding hydrogens is 310 g/mol. The Bertz CT molecular complexity index is 605. The molecule has 132 valence electrons. The van der Waals surface area contributed by atoms with Crippen LogP contribution in [-0.2, 0) is 22.4 Å². The highest BCUT2D eigenvalue weighted by molar-refractivity contribution is 5.94. The topological polar surface area (TPSA) is 93.5 Å². The number of carbonyl (C=O) groups is 2. The van der Waals surface area contributed by atoms with Gasteiger partial charge in [-0.1, -0.05) is 5.16 Å². The van der Waals surface area contributed by atoms with Gasteiger partial charge in [0.05, 0.1) is 0 Å². The third-order valence-electron chi connectivity index (χ3n) is 4.61. The molecule has 1 aromatic rings. The molecule has 0 spiro atoms. The molecule has 3 rings (SSSR count). The van der Waals surface area contributed by atoms with Crippen LogP contribution in [0.15, 0.2) is 4.52 Å². The van der Waals surface area contributed by atoms with Crippen molar-refractivity contribution in [2.75, 3.05) is 13.2 Å². The first-order valence-corrected chi connectivity index (χ1v) is 8.71. The van der Waals surface area contributed by atoms with Crippen LogP contribution in [0, 0.1) is 5.92 Å². The minimum absolute atomic E-state index is 0.0258. The van der Waals surface area contributed by atoms with E-state index in [9.17, 15) is 9.59 Å². The molecule has 1 aliphatic carbocycles. The Kier molecular flexibility index (Phi) is 5.18. The van der Waals surface area contributed by atoms with Crippen LogP contribution >= 0.6 is 0 Å². The van der Waals surface area contributed by atoms with Crippen LogP contribution in [0.4, 0.5) is 0 Å². The Morgan fingerprint density at radius 1 is 1.21 bits per heavy atom. The van der Waals surface area contributed by atoms with Gasteiger partial charge in [0.1, 0.15) is 5.76 Å². The molecule has 24 heavy (non-hydrogen) atoms. The van der Waals surface area contributed by atoms with Crippen molar-refractivity contribution in [1.29, 1.82) is 0 Å². The number of ether oxygens (including phenoxy) is 1. The summed E-state index contributed by atoms with van der Waals surface area (Å²) in [5.74, 6) is 0.676. The number of rotatable bonds is 4. The zero-order valence-electron chi connectivity index (χ0n) is 14.3. The van der Waals surface area contributed by atoms with Gasteiger partial charge in [0.2, 0.25) is 5.91 Å². The summed E-state index contributed by atoms with van der Waals surface area (Å²) in [6.07, 6.45) is 3.64. The fraction of sp³-hybridized carbons (Fsp3) is 0.706. The molecule has 2 aliphatic rings. The Morgan fingerprint density at radius 3 is 2.67 bits per heavy atom. The van der Waals surface area contributed by atoms with Crippen LogP contribution in [0.25, 0.3) is 0 Å². The Hall–Kier alpha value is -1.89. The van der Waals surface area contributed by atoms with Crippen molar-refractivity contribution in [2.24, 2.45) is 5.92 Å². The van der Waals surface area contributed by atoms with E-state index in [4.69, 9.17) is 9.26 Å². The van der Waals surface area contributed by atoms with E-state index >= 15 is 0 Å². The van der Waals surface area contributed by atoms with E-state index in [0.29, 0.717) is 31.7 Å². The molecule has 2 N–H and O–H groups in total. The Morgan fingerprint density at radius 2 is 1.96 bits per heavy atom. The summed E-state index contributed by atoms with van der Waals surface area (Å²) in [4.78, 5) is 24.6. The molecule has 0 saturated carbocycles. The summed E-state index contributed by atoms with van der Waals surface area (Å²) in [6.45, 7) is 5.11. The Labute approximate surface area is 141 Å². The summed E-state index contributed by atoms with van der Waals surface area (Å²) in [7, 11) is 0. The van der Waals surface area contributed by atoms with Gasteiger partial charge in [-0.25, -0.2) is 0 Å². The second-order valence-electron chi connectivity index (χ2n) is 6.90. The molecule has 1 fully saturated rings. The van der Waals surface area contributed by atoms with Gasteiger partial charge in [-0.05, 0) is 39.5 Å². The first kappa shape index (κ1) is 17.0. The van der Waals surface area contributed by atoms with Gasteiger partial charge >= 0.3 is 0 Å². The minimum Gasteiger partial charge on any atom is -0.381 e. The maximum absolute atomic E-state index is 12.4. The lowest BCUT2D eigenvalue weighted by Gasteiger charge is -2.27. The molecule has 2 amide bonds. The predicted octanol–water partition coefficient (Wildman–Crippen LogP) is 1.21. The molecule has 0 aromatic carbocycles. The van der Waals surface area contributed by atoms with E-state index < -0.39 is 0 Å². The lowest BCUT2D eigenvalue weighted by atomic mass is 9.90. The molecule has 0 bridgehead atoms. The minimum atomic E-state index is -0.216. The van der Waals surface area contributed by atoms with Crippen LogP contribution in [-0.4, -0.2) is 42.3 Å². The molecule has 1 aliphatic heterocycles. The number of hydrogen-bond donors (Lipinski definition) is 2. The van der Waals surface area contributed by atoms with Crippen molar-refractivity contribution in [1.82, 2.24) is 15.8 Å². The van der Waals surface area contributed by atoms with Crippen molar-refractivity contribution in [3.8, 4) is 0 Å². The number of aryl methyl sites for hydroxylation is 1. The predicted molar refractivity (Wildman–Crippen MR) is 86.6 cm³/mol. The standard InChI is InChI=1S/C17H25N3O4/c1-10(2)18-17(22)15-13-9-12(3-4-14(13)24-20-15)19-16(21)11-5-7-23-8-6-11/h10-12H,3-9H2,1-2H3,(H,18,22)(H,19,21). The van der Waals surface area contributed by atoms with E-state index in [1.54, 1.807) is 0 Å². The second-order valence-corrected chi connectivity index (χ2v) is 6.90. The van der Waals surface area contributed by atoms with Crippen LogP contribution in [0.5, 0.6) is 0 Å². The number of aromatic nitrogens is 1. The van der Waals surface area contributed by atoms with E-state index in [2.05, 4.69) is 15.8 Å². The number of hydrogen-bond acceptors (Lipinski definition) is 5. The maximum Gasteiger partial charge on any atom is 0.273 e. The van der Waals surface area contributed by atoms with E-state index in [0.717, 1.165) is 30.6 Å². The summed E-state index contributed by atoms with van der Waals surface area (Å²) in [6, 6.07) is 0.0651. The van der Waals surface area contributed by atoms with E-state index in [1.165, 1.54) is 0 Å². The van der Waals surface area contributed by atoms with Crippen molar-refractivity contribution in [3.63, 3.8) is 0 Å². The van der Waals surface area contributed by atoms with E-state index in [-0.39, 0.29) is 29.8 Å². The average molecular weight is 335 g/mol. The third kappa shape index (κ3) is 3.77. The summed E-state index contributed by atoms with van der Waals surface area (Å²) in [5.41, 5.74) is 1.18. The van der Waals surface area contributed by atoms with Crippen LogP contribution in [0.3, 0.4) is 0 Å². The van der Waals surface area contributed by atoms with Crippen molar-refractivity contribution in [3.05, 3.63) is 17.0 Å². The normalized spacial score (nSPS) is 21.4. The number of fused-ring (bicyclic) bond motifs is 1. The maximum atomic E-state index is 12.4. The molecule has 0 radical (unpaired) electrons. The highest BCUT2D eigenvalue weighted by Gasteiger charge is 2.31. The summed E-state index contributed by atoms with van der Waals surface area (Å²) >= 11 is 0. The van der Waals surface area contributed by atoms with Crippen molar-refractivity contribution >= 4 is 11.8 Å². The fourth-order valence-corrected chi connectivity index (χ4v) is 3.31. The van der Waals surface area contributed by atoms with Gasteiger partial charge in [-0.15, -0.1) is 0 Å². The van der Waals surface area contributed by atoms with Crippen LogP contribution in [0.1, 0.15) is 54.9 Å². The number of nitrogens with zero attached hydrogens (tertiary/aromatic N) is 1. The average Bonchev–Trinajstić information content (AvgIpc) is 2.98. The lowest BCUT2D eigenvalue weighted by Crippen LogP contribution is -2.43. The van der Waals surface area contributed by atoms with Gasteiger partial charge in [-0.2, -0.15) is 0 Å². The van der Waals surface area contributed by atoms with Gasteiger partial charge < -0.3 is 19.9 Å². The highest BCUT2D eigenvalue weighted by atomic mass is 16.5. The zero-order valence-corrected chi connectivity index (χ0v) is 14.3. The number of nitrogens with one attached hydrogen (secondary N) is 2. The molecule has 7 heteroatoms. The smallest absolute Gasteiger partial charge is 0.273 e. The largest absolute Gasteiger partial charge is 0.381 e. The molecular formula is C17H25N3O4.